The molecule has 140 valence electrons. The lowest BCUT2D eigenvalue weighted by Crippen LogP contribution is -2.44. The van der Waals surface area contributed by atoms with E-state index in [1.807, 2.05) is 0 Å². The van der Waals surface area contributed by atoms with Gasteiger partial charge in [0.15, 0.2) is 0 Å². The van der Waals surface area contributed by atoms with Gasteiger partial charge in [0, 0.05) is 24.7 Å². The minimum atomic E-state index is -0.870. The van der Waals surface area contributed by atoms with Gasteiger partial charge in [-0.1, -0.05) is 23.2 Å². The molecule has 0 bridgehead atoms. The molecule has 2 aliphatic heterocycles. The molecule has 1 saturated carbocycles. The van der Waals surface area contributed by atoms with Crippen molar-refractivity contribution in [3.05, 3.63) is 27.7 Å². The van der Waals surface area contributed by atoms with Gasteiger partial charge in [-0.25, -0.2) is 0 Å². The first kappa shape index (κ1) is 18.0. The van der Waals surface area contributed by atoms with E-state index in [-0.39, 0.29) is 30.7 Å². The lowest BCUT2D eigenvalue weighted by molar-refractivity contribution is -0.139. The summed E-state index contributed by atoms with van der Waals surface area (Å²) >= 11 is 12.2. The van der Waals surface area contributed by atoms with Crippen LogP contribution in [0.5, 0.6) is 0 Å². The van der Waals surface area contributed by atoms with Crippen LogP contribution in [0.25, 0.3) is 0 Å². The van der Waals surface area contributed by atoms with Gasteiger partial charge in [-0.05, 0) is 43.4 Å². The highest BCUT2D eigenvalue weighted by Crippen LogP contribution is 2.47. The van der Waals surface area contributed by atoms with E-state index in [9.17, 15) is 19.8 Å². The predicted octanol–water partition coefficient (Wildman–Crippen LogP) is 1.94. The Kier molecular flexibility index (Phi) is 4.42. The molecule has 1 aromatic rings. The number of hydrogen-bond acceptors (Lipinski definition) is 4. The van der Waals surface area contributed by atoms with Crippen LogP contribution in [0.1, 0.15) is 31.2 Å². The SMILES string of the molecule is O=C([C@@H]1CC[C@@H](O)[C@H](O)C1)N1CC[C@]2(C1)C(=O)Nc1cc(Cl)c(Cl)cc12. The van der Waals surface area contributed by atoms with Crippen LogP contribution in [0.2, 0.25) is 10.0 Å². The largest absolute Gasteiger partial charge is 0.390 e. The summed E-state index contributed by atoms with van der Waals surface area (Å²) in [6, 6.07) is 3.36. The Hall–Kier alpha value is -1.34. The van der Waals surface area contributed by atoms with Crippen LogP contribution in [-0.2, 0) is 15.0 Å². The number of halogens is 2. The Morgan fingerprint density at radius 3 is 2.65 bits per heavy atom. The summed E-state index contributed by atoms with van der Waals surface area (Å²) in [4.78, 5) is 27.3. The maximum absolute atomic E-state index is 12.9. The summed E-state index contributed by atoms with van der Waals surface area (Å²) in [6.45, 7) is 0.763. The number of rotatable bonds is 1. The second-order valence-electron chi connectivity index (χ2n) is 7.50. The predicted molar refractivity (Wildman–Crippen MR) is 97.3 cm³/mol. The number of carbonyl (C=O) groups is 2. The third-order valence-corrected chi connectivity index (χ3v) is 6.69. The van der Waals surface area contributed by atoms with Crippen molar-refractivity contribution >= 4 is 40.7 Å². The highest BCUT2D eigenvalue weighted by Gasteiger charge is 2.53. The number of anilines is 1. The average Bonchev–Trinajstić information content (AvgIpc) is 3.15. The van der Waals surface area contributed by atoms with E-state index < -0.39 is 17.6 Å². The van der Waals surface area contributed by atoms with Gasteiger partial charge in [0.2, 0.25) is 11.8 Å². The fourth-order valence-electron chi connectivity index (χ4n) is 4.43. The van der Waals surface area contributed by atoms with Crippen LogP contribution >= 0.6 is 23.2 Å². The normalized spacial score (nSPS) is 33.5. The van der Waals surface area contributed by atoms with Gasteiger partial charge in [-0.3, -0.25) is 9.59 Å². The average molecular weight is 399 g/mol. The zero-order chi connectivity index (χ0) is 18.6. The van der Waals surface area contributed by atoms with Crippen molar-refractivity contribution < 1.29 is 19.8 Å². The van der Waals surface area contributed by atoms with Crippen molar-refractivity contribution in [3.8, 4) is 0 Å². The lowest BCUT2D eigenvalue weighted by Gasteiger charge is -2.32. The topological polar surface area (TPSA) is 89.9 Å². The molecule has 2 heterocycles. The minimum absolute atomic E-state index is 0.0610. The van der Waals surface area contributed by atoms with Crippen molar-refractivity contribution in [2.75, 3.05) is 18.4 Å². The van der Waals surface area contributed by atoms with E-state index in [4.69, 9.17) is 23.2 Å². The molecule has 2 amide bonds. The number of carbonyl (C=O) groups excluding carboxylic acids is 2. The number of aliphatic hydroxyl groups is 2. The smallest absolute Gasteiger partial charge is 0.237 e. The third-order valence-electron chi connectivity index (χ3n) is 5.97. The van der Waals surface area contributed by atoms with E-state index in [1.54, 1.807) is 17.0 Å². The van der Waals surface area contributed by atoms with E-state index >= 15 is 0 Å². The Bertz CT molecular complexity index is 787. The molecule has 1 aromatic carbocycles. The number of nitrogens with one attached hydrogen (secondary N) is 1. The second kappa shape index (κ2) is 6.37. The molecule has 0 aromatic heterocycles. The molecule has 26 heavy (non-hydrogen) atoms. The van der Waals surface area contributed by atoms with Crippen LogP contribution in [-0.4, -0.2) is 52.2 Å². The fraction of sp³-hybridized carbons (Fsp3) is 0.556. The lowest BCUT2D eigenvalue weighted by atomic mass is 9.80. The van der Waals surface area contributed by atoms with Gasteiger partial charge in [0.25, 0.3) is 0 Å². The molecule has 3 N–H and O–H groups in total. The molecule has 6 nitrogen and oxygen atoms in total. The molecule has 1 spiro atoms. The number of nitrogens with zero attached hydrogens (tertiary/aromatic N) is 1. The van der Waals surface area contributed by atoms with Crippen molar-refractivity contribution in [3.63, 3.8) is 0 Å². The molecule has 3 aliphatic rings. The number of likely N-dealkylation sites (tertiary alicyclic amines) is 1. The molecule has 8 heteroatoms. The van der Waals surface area contributed by atoms with Crippen molar-refractivity contribution in [2.45, 2.75) is 43.3 Å². The monoisotopic (exact) mass is 398 g/mol. The van der Waals surface area contributed by atoms with Gasteiger partial charge in [0.05, 0.1) is 27.7 Å². The van der Waals surface area contributed by atoms with Gasteiger partial charge in [0.1, 0.15) is 0 Å². The summed E-state index contributed by atoms with van der Waals surface area (Å²) in [5, 5.41) is 23.1. The van der Waals surface area contributed by atoms with Gasteiger partial charge >= 0.3 is 0 Å². The Labute approximate surface area is 161 Å². The Morgan fingerprint density at radius 1 is 1.19 bits per heavy atom. The summed E-state index contributed by atoms with van der Waals surface area (Å²) in [5.41, 5.74) is 0.632. The fourth-order valence-corrected chi connectivity index (χ4v) is 4.75. The standard InChI is InChI=1S/C18H20Cl2N2O4/c19-11-6-10-13(7-12(11)20)21-17(26)18(10)3-4-22(8-18)16(25)9-1-2-14(23)15(24)5-9/h6-7,9,14-15,23-24H,1-5,8H2,(H,21,26)/t9-,14-,15-,18-/m1/s1. The number of hydrogen-bond donors (Lipinski definition) is 3. The Balaban J connectivity index is 1.56. The zero-order valence-corrected chi connectivity index (χ0v) is 15.6. The zero-order valence-electron chi connectivity index (χ0n) is 14.0. The molecule has 4 rings (SSSR count). The van der Waals surface area contributed by atoms with Crippen LogP contribution in [0.3, 0.4) is 0 Å². The first-order valence-electron chi connectivity index (χ1n) is 8.78. The molecule has 0 unspecified atom stereocenters. The van der Waals surface area contributed by atoms with Gasteiger partial charge < -0.3 is 20.4 Å². The Morgan fingerprint density at radius 2 is 1.92 bits per heavy atom. The molecular formula is C18H20Cl2N2O4. The van der Waals surface area contributed by atoms with Crippen LogP contribution in [0.15, 0.2) is 12.1 Å². The van der Waals surface area contributed by atoms with Crippen molar-refractivity contribution in [2.24, 2.45) is 5.92 Å². The summed E-state index contributed by atoms with van der Waals surface area (Å²) in [6.07, 6.45) is 0.106. The van der Waals surface area contributed by atoms with Crippen molar-refractivity contribution in [1.29, 1.82) is 0 Å². The summed E-state index contributed by atoms with van der Waals surface area (Å²) in [7, 11) is 0. The first-order valence-corrected chi connectivity index (χ1v) is 9.53. The van der Waals surface area contributed by atoms with Crippen molar-refractivity contribution in [1.82, 2.24) is 4.90 Å². The number of fused-ring (bicyclic) bond motifs is 2. The number of benzene rings is 1. The van der Waals surface area contributed by atoms with E-state index in [0.717, 1.165) is 5.56 Å². The van der Waals surface area contributed by atoms with Crippen LogP contribution < -0.4 is 5.32 Å². The van der Waals surface area contributed by atoms with E-state index in [0.29, 0.717) is 41.5 Å². The van der Waals surface area contributed by atoms with E-state index in [1.165, 1.54) is 0 Å². The maximum atomic E-state index is 12.9. The van der Waals surface area contributed by atoms with Crippen LogP contribution in [0.4, 0.5) is 5.69 Å². The van der Waals surface area contributed by atoms with Gasteiger partial charge in [-0.15, -0.1) is 0 Å². The second-order valence-corrected chi connectivity index (χ2v) is 8.32. The van der Waals surface area contributed by atoms with Gasteiger partial charge in [-0.2, -0.15) is 0 Å². The molecule has 4 atom stereocenters. The highest BCUT2D eigenvalue weighted by atomic mass is 35.5. The minimum Gasteiger partial charge on any atom is -0.390 e. The highest BCUT2D eigenvalue weighted by molar-refractivity contribution is 6.42. The van der Waals surface area contributed by atoms with E-state index in [2.05, 4.69) is 5.32 Å². The molecule has 1 aliphatic carbocycles. The molecule has 0 radical (unpaired) electrons. The summed E-state index contributed by atoms with van der Waals surface area (Å²) < 4.78 is 0. The number of amides is 2. The summed E-state index contributed by atoms with van der Waals surface area (Å²) in [5.74, 6) is -0.518. The molecular weight excluding hydrogens is 379 g/mol. The number of aliphatic hydroxyl groups excluding tert-OH is 2. The molecule has 1 saturated heterocycles. The first-order chi connectivity index (χ1) is 12.3. The quantitative estimate of drug-likeness (QED) is 0.674. The van der Waals surface area contributed by atoms with Crippen LogP contribution in [0, 0.1) is 5.92 Å². The third kappa shape index (κ3) is 2.71. The maximum Gasteiger partial charge on any atom is 0.237 e. The molecule has 2 fully saturated rings.